The molecule has 1 rings (SSSR count). The van der Waals surface area contributed by atoms with Gasteiger partial charge in [-0.3, -0.25) is 4.79 Å². The molecule has 0 saturated carbocycles. The summed E-state index contributed by atoms with van der Waals surface area (Å²) >= 11 is 0. The fraction of sp³-hybridized carbons (Fsp3) is 0.778. The van der Waals surface area contributed by atoms with Gasteiger partial charge >= 0.3 is 11.9 Å². The molecular weight excluding hydrogens is 184 g/mol. The van der Waals surface area contributed by atoms with E-state index in [1.165, 1.54) is 4.90 Å². The zero-order chi connectivity index (χ0) is 10.6. The Morgan fingerprint density at radius 1 is 1.57 bits per heavy atom. The van der Waals surface area contributed by atoms with Crippen LogP contribution < -0.4 is 5.73 Å². The van der Waals surface area contributed by atoms with Crippen LogP contribution in [0.4, 0.5) is 0 Å². The SMILES string of the molecule is CCOC(=O)C(=O)N1CCC[C@H](N)C1. The summed E-state index contributed by atoms with van der Waals surface area (Å²) in [5.41, 5.74) is 5.69. The average molecular weight is 200 g/mol. The quantitative estimate of drug-likeness (QED) is 0.457. The molecule has 5 heteroatoms. The first kappa shape index (κ1) is 11.0. The number of hydrogen-bond donors (Lipinski definition) is 1. The largest absolute Gasteiger partial charge is 0.459 e. The maximum atomic E-state index is 11.4. The Kier molecular flexibility index (Phi) is 3.88. The fourth-order valence-electron chi connectivity index (χ4n) is 1.52. The second kappa shape index (κ2) is 4.95. The van der Waals surface area contributed by atoms with Crippen molar-refractivity contribution in [3.8, 4) is 0 Å². The van der Waals surface area contributed by atoms with Crippen molar-refractivity contribution in [2.75, 3.05) is 19.7 Å². The van der Waals surface area contributed by atoms with Gasteiger partial charge in [0, 0.05) is 19.1 Å². The highest BCUT2D eigenvalue weighted by Crippen LogP contribution is 2.08. The lowest BCUT2D eigenvalue weighted by molar-refractivity contribution is -0.160. The van der Waals surface area contributed by atoms with Crippen LogP contribution >= 0.6 is 0 Å². The van der Waals surface area contributed by atoms with Crippen LogP contribution in [0.15, 0.2) is 0 Å². The Hall–Kier alpha value is -1.10. The molecule has 0 bridgehead atoms. The molecule has 1 heterocycles. The molecule has 5 nitrogen and oxygen atoms in total. The molecule has 0 aromatic heterocycles. The first-order chi connectivity index (χ1) is 6.65. The van der Waals surface area contributed by atoms with Gasteiger partial charge in [-0.05, 0) is 19.8 Å². The zero-order valence-electron chi connectivity index (χ0n) is 8.36. The van der Waals surface area contributed by atoms with Crippen LogP contribution in [0.1, 0.15) is 19.8 Å². The molecule has 0 aromatic rings. The zero-order valence-corrected chi connectivity index (χ0v) is 8.36. The Bertz CT molecular complexity index is 230. The number of piperidine rings is 1. The number of amides is 1. The molecule has 1 amide bonds. The van der Waals surface area contributed by atoms with Crippen molar-refractivity contribution in [3.05, 3.63) is 0 Å². The number of carbonyl (C=O) groups is 2. The molecule has 2 N–H and O–H groups in total. The third-order valence-electron chi connectivity index (χ3n) is 2.20. The molecule has 1 saturated heterocycles. The van der Waals surface area contributed by atoms with E-state index in [4.69, 9.17) is 5.73 Å². The van der Waals surface area contributed by atoms with Crippen molar-refractivity contribution in [3.63, 3.8) is 0 Å². The van der Waals surface area contributed by atoms with Gasteiger partial charge in [0.1, 0.15) is 0 Å². The van der Waals surface area contributed by atoms with Crippen molar-refractivity contribution in [2.45, 2.75) is 25.8 Å². The number of rotatable bonds is 1. The van der Waals surface area contributed by atoms with Gasteiger partial charge in [0.2, 0.25) is 0 Å². The maximum absolute atomic E-state index is 11.4. The summed E-state index contributed by atoms with van der Waals surface area (Å²) in [6, 6.07) is -0.0119. The second-order valence-electron chi connectivity index (χ2n) is 3.37. The van der Waals surface area contributed by atoms with Crippen LogP contribution in [0, 0.1) is 0 Å². The summed E-state index contributed by atoms with van der Waals surface area (Å²) in [5.74, 6) is -1.34. The highest BCUT2D eigenvalue weighted by atomic mass is 16.5. The lowest BCUT2D eigenvalue weighted by Crippen LogP contribution is -2.48. The second-order valence-corrected chi connectivity index (χ2v) is 3.37. The van der Waals surface area contributed by atoms with Gasteiger partial charge in [-0.2, -0.15) is 0 Å². The van der Waals surface area contributed by atoms with Crippen LogP contribution in [0.2, 0.25) is 0 Å². The van der Waals surface area contributed by atoms with Crippen LogP contribution in [-0.2, 0) is 14.3 Å². The number of likely N-dealkylation sites (tertiary alicyclic amines) is 1. The molecule has 0 radical (unpaired) electrons. The third-order valence-corrected chi connectivity index (χ3v) is 2.20. The van der Waals surface area contributed by atoms with Gasteiger partial charge in [-0.15, -0.1) is 0 Å². The molecule has 1 aliphatic heterocycles. The van der Waals surface area contributed by atoms with Crippen molar-refractivity contribution >= 4 is 11.9 Å². The van der Waals surface area contributed by atoms with Crippen LogP contribution in [0.25, 0.3) is 0 Å². The highest BCUT2D eigenvalue weighted by Gasteiger charge is 2.26. The Labute approximate surface area is 83.2 Å². The molecule has 1 aliphatic rings. The van der Waals surface area contributed by atoms with E-state index < -0.39 is 11.9 Å². The van der Waals surface area contributed by atoms with E-state index in [1.807, 2.05) is 0 Å². The summed E-state index contributed by atoms with van der Waals surface area (Å²) in [6.45, 7) is 2.96. The van der Waals surface area contributed by atoms with E-state index >= 15 is 0 Å². The van der Waals surface area contributed by atoms with Crippen molar-refractivity contribution in [1.29, 1.82) is 0 Å². The summed E-state index contributed by atoms with van der Waals surface area (Å²) in [4.78, 5) is 24.0. The fourth-order valence-corrected chi connectivity index (χ4v) is 1.52. The van der Waals surface area contributed by atoms with Crippen LogP contribution in [0.5, 0.6) is 0 Å². The third kappa shape index (κ3) is 2.70. The lowest BCUT2D eigenvalue weighted by atomic mass is 10.1. The molecule has 1 atom stereocenters. The number of nitrogens with zero attached hydrogens (tertiary/aromatic N) is 1. The van der Waals surface area contributed by atoms with E-state index in [2.05, 4.69) is 4.74 Å². The number of ether oxygens (including phenoxy) is 1. The number of esters is 1. The number of hydrogen-bond acceptors (Lipinski definition) is 4. The molecule has 0 spiro atoms. The highest BCUT2D eigenvalue weighted by molar-refractivity contribution is 6.32. The summed E-state index contributed by atoms with van der Waals surface area (Å²) in [7, 11) is 0. The summed E-state index contributed by atoms with van der Waals surface area (Å²) < 4.78 is 4.62. The van der Waals surface area contributed by atoms with E-state index in [1.54, 1.807) is 6.92 Å². The number of carbonyl (C=O) groups excluding carboxylic acids is 2. The minimum atomic E-state index is -0.776. The predicted molar refractivity (Wildman–Crippen MR) is 50.4 cm³/mol. The Morgan fingerprint density at radius 2 is 2.29 bits per heavy atom. The molecule has 14 heavy (non-hydrogen) atoms. The van der Waals surface area contributed by atoms with Crippen molar-refractivity contribution in [2.24, 2.45) is 5.73 Å². The molecule has 1 fully saturated rings. The minimum Gasteiger partial charge on any atom is -0.459 e. The standard InChI is InChI=1S/C9H16N2O3/c1-2-14-9(13)8(12)11-5-3-4-7(10)6-11/h7H,2-6,10H2,1H3/t7-/m0/s1. The van der Waals surface area contributed by atoms with Gasteiger partial charge in [0.25, 0.3) is 0 Å². The van der Waals surface area contributed by atoms with E-state index in [0.29, 0.717) is 13.1 Å². The van der Waals surface area contributed by atoms with E-state index in [0.717, 1.165) is 12.8 Å². The smallest absolute Gasteiger partial charge is 0.397 e. The normalized spacial score (nSPS) is 21.9. The van der Waals surface area contributed by atoms with Gasteiger partial charge in [-0.1, -0.05) is 0 Å². The van der Waals surface area contributed by atoms with E-state index in [9.17, 15) is 9.59 Å². The van der Waals surface area contributed by atoms with E-state index in [-0.39, 0.29) is 12.6 Å². The predicted octanol–water partition coefficient (Wildman–Crippen LogP) is -0.501. The topological polar surface area (TPSA) is 72.6 Å². The summed E-state index contributed by atoms with van der Waals surface area (Å²) in [5, 5.41) is 0. The average Bonchev–Trinajstić information content (AvgIpc) is 2.17. The van der Waals surface area contributed by atoms with Crippen LogP contribution in [0.3, 0.4) is 0 Å². The van der Waals surface area contributed by atoms with Crippen molar-refractivity contribution in [1.82, 2.24) is 4.90 Å². The summed E-state index contributed by atoms with van der Waals surface area (Å²) in [6.07, 6.45) is 1.76. The molecule has 0 aliphatic carbocycles. The molecule has 0 unspecified atom stereocenters. The van der Waals surface area contributed by atoms with Gasteiger partial charge in [0.05, 0.1) is 6.61 Å². The molecule has 80 valence electrons. The molecule has 0 aromatic carbocycles. The Balaban J connectivity index is 2.47. The van der Waals surface area contributed by atoms with Gasteiger partial charge in [0.15, 0.2) is 0 Å². The number of nitrogens with two attached hydrogens (primary N) is 1. The first-order valence-electron chi connectivity index (χ1n) is 4.86. The van der Waals surface area contributed by atoms with Gasteiger partial charge < -0.3 is 15.4 Å². The Morgan fingerprint density at radius 3 is 2.86 bits per heavy atom. The maximum Gasteiger partial charge on any atom is 0.397 e. The van der Waals surface area contributed by atoms with Gasteiger partial charge in [-0.25, -0.2) is 4.79 Å². The lowest BCUT2D eigenvalue weighted by Gasteiger charge is -2.29. The van der Waals surface area contributed by atoms with Crippen LogP contribution in [-0.4, -0.2) is 42.5 Å². The van der Waals surface area contributed by atoms with Crippen molar-refractivity contribution < 1.29 is 14.3 Å². The molecular formula is C9H16N2O3. The minimum absolute atomic E-state index is 0.0119. The first-order valence-corrected chi connectivity index (χ1v) is 4.86. The monoisotopic (exact) mass is 200 g/mol.